The van der Waals surface area contributed by atoms with Gasteiger partial charge in [-0.25, -0.2) is 4.98 Å². The molecular formula is C20H26N2OS. The summed E-state index contributed by atoms with van der Waals surface area (Å²) in [4.78, 5) is 16.4. The van der Waals surface area contributed by atoms with Crippen molar-refractivity contribution in [2.75, 3.05) is 5.75 Å². The summed E-state index contributed by atoms with van der Waals surface area (Å²) < 4.78 is 0. The van der Waals surface area contributed by atoms with Gasteiger partial charge in [0.15, 0.2) is 0 Å². The summed E-state index contributed by atoms with van der Waals surface area (Å²) in [7, 11) is 0. The second-order valence-corrected chi connectivity index (χ2v) is 7.59. The first-order valence-corrected chi connectivity index (χ1v) is 9.36. The molecule has 0 aliphatic carbocycles. The Morgan fingerprint density at radius 2 is 1.83 bits per heavy atom. The Labute approximate surface area is 149 Å². The third kappa shape index (κ3) is 6.00. The Morgan fingerprint density at radius 3 is 2.42 bits per heavy atom. The van der Waals surface area contributed by atoms with Crippen LogP contribution < -0.4 is 5.32 Å². The minimum atomic E-state index is 0.0113. The van der Waals surface area contributed by atoms with E-state index in [0.29, 0.717) is 11.7 Å². The highest BCUT2D eigenvalue weighted by molar-refractivity contribution is 7.99. The van der Waals surface area contributed by atoms with Crippen LogP contribution in [-0.4, -0.2) is 16.6 Å². The van der Waals surface area contributed by atoms with E-state index in [1.54, 1.807) is 0 Å². The number of aromatic nitrogens is 1. The molecule has 4 heteroatoms. The van der Waals surface area contributed by atoms with Crippen LogP contribution in [0.3, 0.4) is 0 Å². The van der Waals surface area contributed by atoms with Crippen LogP contribution in [0, 0.1) is 12.8 Å². The zero-order chi connectivity index (χ0) is 17.5. The second kappa shape index (κ2) is 8.88. The number of aryl methyl sites for hydroxylation is 1. The molecule has 0 spiro atoms. The maximum atomic E-state index is 12.1. The Morgan fingerprint density at radius 1 is 1.12 bits per heavy atom. The molecule has 1 aromatic carbocycles. The van der Waals surface area contributed by atoms with Gasteiger partial charge in [-0.05, 0) is 48.9 Å². The lowest BCUT2D eigenvalue weighted by Crippen LogP contribution is -2.28. The van der Waals surface area contributed by atoms with E-state index in [4.69, 9.17) is 0 Å². The standard InChI is InChI=1S/C20H26N2OS/c1-14(2)11-17-6-8-18(9-7-17)16(4)22-19(23)13-24-20-10-5-15(3)12-21-20/h5-10,12,14,16H,11,13H2,1-4H3,(H,22,23). The quantitative estimate of drug-likeness (QED) is 0.750. The molecule has 0 radical (unpaired) electrons. The number of nitrogens with zero attached hydrogens (tertiary/aromatic N) is 1. The number of thioether (sulfide) groups is 1. The topological polar surface area (TPSA) is 42.0 Å². The molecule has 1 unspecified atom stereocenters. The maximum Gasteiger partial charge on any atom is 0.230 e. The molecule has 1 aromatic heterocycles. The van der Waals surface area contributed by atoms with E-state index in [1.165, 1.54) is 17.3 Å². The molecule has 0 saturated carbocycles. The number of pyridine rings is 1. The molecule has 0 bridgehead atoms. The van der Waals surface area contributed by atoms with Crippen LogP contribution in [0.4, 0.5) is 0 Å². The summed E-state index contributed by atoms with van der Waals surface area (Å²) in [5, 5.41) is 3.93. The summed E-state index contributed by atoms with van der Waals surface area (Å²) >= 11 is 1.46. The number of hydrogen-bond acceptors (Lipinski definition) is 3. The summed E-state index contributed by atoms with van der Waals surface area (Å²) in [5.74, 6) is 1.06. The van der Waals surface area contributed by atoms with Crippen LogP contribution in [0.15, 0.2) is 47.6 Å². The average molecular weight is 343 g/mol. The van der Waals surface area contributed by atoms with Crippen LogP contribution in [0.2, 0.25) is 0 Å². The lowest BCUT2D eigenvalue weighted by molar-refractivity contribution is -0.119. The summed E-state index contributed by atoms with van der Waals surface area (Å²) in [5.41, 5.74) is 3.60. The molecule has 1 amide bonds. The van der Waals surface area contributed by atoms with Crippen molar-refractivity contribution in [3.63, 3.8) is 0 Å². The molecule has 24 heavy (non-hydrogen) atoms. The Balaban J connectivity index is 1.83. The SMILES string of the molecule is Cc1ccc(SCC(=O)NC(C)c2ccc(CC(C)C)cc2)nc1. The zero-order valence-electron chi connectivity index (χ0n) is 14.9. The van der Waals surface area contributed by atoms with Crippen molar-refractivity contribution >= 4 is 17.7 Å². The second-order valence-electron chi connectivity index (χ2n) is 6.59. The maximum absolute atomic E-state index is 12.1. The number of hydrogen-bond donors (Lipinski definition) is 1. The molecule has 128 valence electrons. The predicted octanol–water partition coefficient (Wildman–Crippen LogP) is 4.56. The number of amides is 1. The van der Waals surface area contributed by atoms with Crippen molar-refractivity contribution in [1.29, 1.82) is 0 Å². The predicted molar refractivity (Wildman–Crippen MR) is 101 cm³/mol. The molecule has 3 nitrogen and oxygen atoms in total. The smallest absolute Gasteiger partial charge is 0.230 e. The van der Waals surface area contributed by atoms with Gasteiger partial charge in [0.25, 0.3) is 0 Å². The molecule has 0 fully saturated rings. The minimum absolute atomic E-state index is 0.0113. The third-order valence-electron chi connectivity index (χ3n) is 3.74. The Hall–Kier alpha value is -1.81. The van der Waals surface area contributed by atoms with E-state index in [0.717, 1.165) is 22.6 Å². The molecule has 1 atom stereocenters. The van der Waals surface area contributed by atoms with Crippen molar-refractivity contribution in [3.8, 4) is 0 Å². The Kier molecular flexibility index (Phi) is 6.85. The lowest BCUT2D eigenvalue weighted by Gasteiger charge is -2.15. The lowest BCUT2D eigenvalue weighted by atomic mass is 10.00. The van der Waals surface area contributed by atoms with Gasteiger partial charge in [-0.1, -0.05) is 55.9 Å². The van der Waals surface area contributed by atoms with E-state index in [9.17, 15) is 4.79 Å². The largest absolute Gasteiger partial charge is 0.349 e. The van der Waals surface area contributed by atoms with Crippen LogP contribution in [-0.2, 0) is 11.2 Å². The van der Waals surface area contributed by atoms with Gasteiger partial charge in [0.1, 0.15) is 0 Å². The normalized spacial score (nSPS) is 12.2. The number of carbonyl (C=O) groups is 1. The van der Waals surface area contributed by atoms with Crippen molar-refractivity contribution in [2.45, 2.75) is 45.2 Å². The van der Waals surface area contributed by atoms with Gasteiger partial charge < -0.3 is 5.32 Å². The summed E-state index contributed by atoms with van der Waals surface area (Å²) in [6.07, 6.45) is 2.91. The molecular weight excluding hydrogens is 316 g/mol. The van der Waals surface area contributed by atoms with E-state index < -0.39 is 0 Å². The van der Waals surface area contributed by atoms with Gasteiger partial charge >= 0.3 is 0 Å². The fraction of sp³-hybridized carbons (Fsp3) is 0.400. The van der Waals surface area contributed by atoms with Gasteiger partial charge in [0.05, 0.1) is 16.8 Å². The van der Waals surface area contributed by atoms with Crippen molar-refractivity contribution < 1.29 is 4.79 Å². The van der Waals surface area contributed by atoms with Crippen molar-refractivity contribution in [2.24, 2.45) is 5.92 Å². The van der Waals surface area contributed by atoms with Gasteiger partial charge in [-0.15, -0.1) is 0 Å². The molecule has 0 aliphatic rings. The highest BCUT2D eigenvalue weighted by Crippen LogP contribution is 2.18. The van der Waals surface area contributed by atoms with Crippen LogP contribution in [0.5, 0.6) is 0 Å². The molecule has 1 N–H and O–H groups in total. The van der Waals surface area contributed by atoms with Crippen molar-refractivity contribution in [3.05, 3.63) is 59.3 Å². The van der Waals surface area contributed by atoms with E-state index in [-0.39, 0.29) is 11.9 Å². The number of carbonyl (C=O) groups excluding carboxylic acids is 1. The molecule has 0 aliphatic heterocycles. The number of nitrogens with one attached hydrogen (secondary N) is 1. The third-order valence-corrected chi connectivity index (χ3v) is 4.68. The monoisotopic (exact) mass is 342 g/mol. The van der Waals surface area contributed by atoms with Crippen molar-refractivity contribution in [1.82, 2.24) is 10.3 Å². The molecule has 1 heterocycles. The van der Waals surface area contributed by atoms with E-state index in [1.807, 2.05) is 32.2 Å². The van der Waals surface area contributed by atoms with E-state index in [2.05, 4.69) is 48.4 Å². The first-order chi connectivity index (χ1) is 11.4. The first kappa shape index (κ1) is 18.5. The van der Waals surface area contributed by atoms with Crippen LogP contribution in [0.25, 0.3) is 0 Å². The fourth-order valence-electron chi connectivity index (χ4n) is 2.46. The van der Waals surface area contributed by atoms with Gasteiger partial charge in [-0.3, -0.25) is 4.79 Å². The minimum Gasteiger partial charge on any atom is -0.349 e. The zero-order valence-corrected chi connectivity index (χ0v) is 15.7. The molecule has 0 saturated heterocycles. The van der Waals surface area contributed by atoms with Gasteiger partial charge in [0.2, 0.25) is 5.91 Å². The van der Waals surface area contributed by atoms with Crippen LogP contribution >= 0.6 is 11.8 Å². The summed E-state index contributed by atoms with van der Waals surface area (Å²) in [6, 6.07) is 12.5. The van der Waals surface area contributed by atoms with Gasteiger partial charge in [0, 0.05) is 6.20 Å². The molecule has 2 aromatic rings. The first-order valence-electron chi connectivity index (χ1n) is 8.37. The highest BCUT2D eigenvalue weighted by atomic mass is 32.2. The van der Waals surface area contributed by atoms with Gasteiger partial charge in [-0.2, -0.15) is 0 Å². The highest BCUT2D eigenvalue weighted by Gasteiger charge is 2.10. The number of rotatable bonds is 7. The van der Waals surface area contributed by atoms with E-state index >= 15 is 0 Å². The van der Waals surface area contributed by atoms with Crippen LogP contribution in [0.1, 0.15) is 43.5 Å². The number of benzene rings is 1. The fourth-order valence-corrected chi connectivity index (χ4v) is 3.11. The Bertz CT molecular complexity index is 650. The average Bonchev–Trinajstić information content (AvgIpc) is 2.54. The molecule has 2 rings (SSSR count). The summed E-state index contributed by atoms with van der Waals surface area (Å²) in [6.45, 7) is 8.46.